The van der Waals surface area contributed by atoms with Crippen LogP contribution in [0.3, 0.4) is 0 Å². The van der Waals surface area contributed by atoms with Crippen LogP contribution in [0.5, 0.6) is 0 Å². The molecule has 1 aromatic heterocycles. The van der Waals surface area contributed by atoms with Crippen molar-refractivity contribution in [2.45, 2.75) is 25.7 Å². The first kappa shape index (κ1) is 12.4. The van der Waals surface area contributed by atoms with E-state index in [4.69, 9.17) is 0 Å². The Morgan fingerprint density at radius 2 is 2.26 bits per heavy atom. The predicted octanol–water partition coefficient (Wildman–Crippen LogP) is 1.92. The molecule has 3 rings (SSSR count). The summed E-state index contributed by atoms with van der Waals surface area (Å²) in [5.41, 5.74) is 2.16. The lowest BCUT2D eigenvalue weighted by Gasteiger charge is -2.46. The van der Waals surface area contributed by atoms with E-state index in [1.165, 1.54) is 25.7 Å². The highest BCUT2D eigenvalue weighted by Gasteiger charge is 2.37. The zero-order valence-electron chi connectivity index (χ0n) is 11.2. The topological polar surface area (TPSA) is 52.0 Å². The van der Waals surface area contributed by atoms with E-state index in [1.54, 1.807) is 6.20 Å². The summed E-state index contributed by atoms with van der Waals surface area (Å²) in [6.07, 6.45) is 8.63. The molecule has 3 heterocycles. The van der Waals surface area contributed by atoms with Gasteiger partial charge in [0.2, 0.25) is 0 Å². The highest BCUT2D eigenvalue weighted by Crippen LogP contribution is 2.38. The van der Waals surface area contributed by atoms with Gasteiger partial charge in [0.25, 0.3) is 0 Å². The van der Waals surface area contributed by atoms with Gasteiger partial charge in [-0.3, -0.25) is 4.98 Å². The molecule has 0 amide bonds. The van der Waals surface area contributed by atoms with E-state index in [0.29, 0.717) is 5.41 Å². The molecule has 0 saturated carbocycles. The molecule has 1 N–H and O–H groups in total. The fourth-order valence-electron chi connectivity index (χ4n) is 3.52. The fourth-order valence-corrected chi connectivity index (χ4v) is 3.52. The van der Waals surface area contributed by atoms with Gasteiger partial charge in [0, 0.05) is 31.2 Å². The van der Waals surface area contributed by atoms with Crippen LogP contribution in [0.15, 0.2) is 18.5 Å². The summed E-state index contributed by atoms with van der Waals surface area (Å²) >= 11 is 0. The van der Waals surface area contributed by atoms with Gasteiger partial charge in [-0.15, -0.1) is 0 Å². The van der Waals surface area contributed by atoms with Crippen molar-refractivity contribution < 1.29 is 0 Å². The third-order valence-electron chi connectivity index (χ3n) is 4.48. The maximum absolute atomic E-state index is 9.23. The molecule has 4 heteroatoms. The van der Waals surface area contributed by atoms with Crippen molar-refractivity contribution in [2.24, 2.45) is 5.41 Å². The van der Waals surface area contributed by atoms with Crippen molar-refractivity contribution >= 4 is 5.69 Å². The number of aromatic nitrogens is 1. The predicted molar refractivity (Wildman–Crippen MR) is 74.9 cm³/mol. The summed E-state index contributed by atoms with van der Waals surface area (Å²) in [5, 5.41) is 12.8. The zero-order valence-corrected chi connectivity index (χ0v) is 11.2. The van der Waals surface area contributed by atoms with E-state index in [-0.39, 0.29) is 0 Å². The van der Waals surface area contributed by atoms with Crippen molar-refractivity contribution in [1.29, 1.82) is 5.26 Å². The molecule has 2 aliphatic heterocycles. The average Bonchev–Trinajstić information content (AvgIpc) is 2.48. The van der Waals surface area contributed by atoms with Crippen LogP contribution < -0.4 is 10.2 Å². The summed E-state index contributed by atoms with van der Waals surface area (Å²) < 4.78 is 0. The first-order valence-corrected chi connectivity index (χ1v) is 7.13. The molecule has 0 bridgehead atoms. The van der Waals surface area contributed by atoms with E-state index in [2.05, 4.69) is 21.3 Å². The van der Waals surface area contributed by atoms with Gasteiger partial charge in [0.1, 0.15) is 6.07 Å². The fraction of sp³-hybridized carbons (Fsp3) is 0.600. The number of nitrogens with zero attached hydrogens (tertiary/aromatic N) is 3. The van der Waals surface area contributed by atoms with Gasteiger partial charge in [-0.05, 0) is 38.3 Å². The quantitative estimate of drug-likeness (QED) is 0.834. The average molecular weight is 256 g/mol. The van der Waals surface area contributed by atoms with Crippen molar-refractivity contribution in [3.8, 4) is 6.07 Å². The Labute approximate surface area is 114 Å². The highest BCUT2D eigenvalue weighted by molar-refractivity contribution is 5.58. The minimum absolute atomic E-state index is 0.402. The van der Waals surface area contributed by atoms with Crippen LogP contribution in [0.2, 0.25) is 0 Å². The monoisotopic (exact) mass is 256 g/mol. The molecule has 1 aromatic rings. The van der Waals surface area contributed by atoms with Gasteiger partial charge in [0.05, 0.1) is 17.4 Å². The number of nitriles is 1. The molecule has 100 valence electrons. The summed E-state index contributed by atoms with van der Waals surface area (Å²) in [5.74, 6) is 0. The number of hydrogen-bond donors (Lipinski definition) is 1. The number of piperidine rings is 2. The molecule has 0 aliphatic carbocycles. The zero-order chi connectivity index (χ0) is 13.1. The maximum atomic E-state index is 9.23. The van der Waals surface area contributed by atoms with E-state index in [0.717, 1.165) is 37.4 Å². The first-order chi connectivity index (χ1) is 9.33. The standard InChI is InChI=1S/C15H20N4/c16-9-13-3-7-17-10-14(13)19-8-2-5-15(12-19)4-1-6-18-11-15/h3,7,10,18H,1-2,4-6,8,11-12H2. The van der Waals surface area contributed by atoms with Crippen LogP contribution in [-0.4, -0.2) is 31.2 Å². The van der Waals surface area contributed by atoms with Crippen LogP contribution in [0.1, 0.15) is 31.2 Å². The van der Waals surface area contributed by atoms with Gasteiger partial charge in [-0.1, -0.05) is 0 Å². The SMILES string of the molecule is N#Cc1ccncc1N1CCCC2(CCCNC2)C1. The Kier molecular flexibility index (Phi) is 3.39. The number of hydrogen-bond acceptors (Lipinski definition) is 4. The van der Waals surface area contributed by atoms with Crippen LogP contribution in [0, 0.1) is 16.7 Å². The molecule has 1 unspecified atom stereocenters. The second-order valence-electron chi connectivity index (χ2n) is 5.81. The highest BCUT2D eigenvalue weighted by atomic mass is 15.2. The number of pyridine rings is 1. The summed E-state index contributed by atoms with van der Waals surface area (Å²) in [7, 11) is 0. The van der Waals surface area contributed by atoms with Crippen molar-refractivity contribution in [2.75, 3.05) is 31.1 Å². The Bertz CT molecular complexity index is 480. The van der Waals surface area contributed by atoms with Gasteiger partial charge >= 0.3 is 0 Å². The summed E-state index contributed by atoms with van der Waals surface area (Å²) in [4.78, 5) is 6.56. The second kappa shape index (κ2) is 5.18. The van der Waals surface area contributed by atoms with Crippen molar-refractivity contribution in [3.63, 3.8) is 0 Å². The smallest absolute Gasteiger partial charge is 0.101 e. The van der Waals surface area contributed by atoms with Crippen molar-refractivity contribution in [1.82, 2.24) is 10.3 Å². The first-order valence-electron chi connectivity index (χ1n) is 7.13. The molecule has 2 saturated heterocycles. The van der Waals surface area contributed by atoms with Gasteiger partial charge in [0.15, 0.2) is 0 Å². The lowest BCUT2D eigenvalue weighted by molar-refractivity contribution is 0.173. The largest absolute Gasteiger partial charge is 0.369 e. The molecule has 4 nitrogen and oxygen atoms in total. The second-order valence-corrected chi connectivity index (χ2v) is 5.81. The van der Waals surface area contributed by atoms with Crippen LogP contribution in [-0.2, 0) is 0 Å². The Hall–Kier alpha value is -1.60. The Balaban J connectivity index is 1.83. The van der Waals surface area contributed by atoms with E-state index >= 15 is 0 Å². The van der Waals surface area contributed by atoms with Crippen LogP contribution in [0.4, 0.5) is 5.69 Å². The third kappa shape index (κ3) is 2.43. The lowest BCUT2D eigenvalue weighted by atomic mass is 9.74. The van der Waals surface area contributed by atoms with E-state index < -0.39 is 0 Å². The van der Waals surface area contributed by atoms with Crippen molar-refractivity contribution in [3.05, 3.63) is 24.0 Å². The molecule has 19 heavy (non-hydrogen) atoms. The molecular formula is C15H20N4. The van der Waals surface area contributed by atoms with Crippen LogP contribution >= 0.6 is 0 Å². The minimum Gasteiger partial charge on any atom is -0.369 e. The number of rotatable bonds is 1. The maximum Gasteiger partial charge on any atom is 0.101 e. The van der Waals surface area contributed by atoms with Crippen LogP contribution in [0.25, 0.3) is 0 Å². The van der Waals surface area contributed by atoms with E-state index in [9.17, 15) is 5.26 Å². The normalized spacial score (nSPS) is 27.2. The summed E-state index contributed by atoms with van der Waals surface area (Å²) in [6, 6.07) is 4.10. The number of nitrogens with one attached hydrogen (secondary N) is 1. The molecule has 2 aliphatic rings. The Morgan fingerprint density at radius 3 is 3.05 bits per heavy atom. The molecule has 0 aromatic carbocycles. The third-order valence-corrected chi connectivity index (χ3v) is 4.48. The Morgan fingerprint density at radius 1 is 1.37 bits per heavy atom. The molecule has 0 radical (unpaired) electrons. The molecule has 1 atom stereocenters. The van der Waals surface area contributed by atoms with Gasteiger partial charge < -0.3 is 10.2 Å². The summed E-state index contributed by atoms with van der Waals surface area (Å²) in [6.45, 7) is 4.37. The molecular weight excluding hydrogens is 236 g/mol. The molecule has 2 fully saturated rings. The van der Waals surface area contributed by atoms with Gasteiger partial charge in [-0.25, -0.2) is 0 Å². The van der Waals surface area contributed by atoms with Gasteiger partial charge in [-0.2, -0.15) is 5.26 Å². The minimum atomic E-state index is 0.402. The molecule has 1 spiro atoms. The number of anilines is 1. The van der Waals surface area contributed by atoms with E-state index in [1.807, 2.05) is 12.3 Å². The lowest BCUT2D eigenvalue weighted by Crippen LogP contribution is -2.51.